The van der Waals surface area contributed by atoms with Crippen molar-refractivity contribution in [1.82, 2.24) is 0 Å². The van der Waals surface area contributed by atoms with Gasteiger partial charge in [0.15, 0.2) is 0 Å². The van der Waals surface area contributed by atoms with E-state index in [0.29, 0.717) is 0 Å². The molecule has 4 aromatic carbocycles. The summed E-state index contributed by atoms with van der Waals surface area (Å²) in [5.41, 5.74) is 3.72. The third kappa shape index (κ3) is 2.42. The summed E-state index contributed by atoms with van der Waals surface area (Å²) in [5.74, 6) is 0.396. The lowest BCUT2D eigenvalue weighted by molar-refractivity contribution is 0.0952. The summed E-state index contributed by atoms with van der Waals surface area (Å²) in [6.45, 7) is 1.84. The number of aromatic hydroxyl groups is 2. The Bertz CT molecular complexity index is 1120. The minimum atomic E-state index is -1.15. The largest absolute Gasteiger partial charge is 0.508 e. The SMILES string of the molecule is CC1(O)c2ccccc2C(c2ccc(O)cc2)(c2ccc(O)cc2)c2ccccc21. The Kier molecular flexibility index (Phi) is 3.99. The molecule has 0 atom stereocenters. The number of aliphatic hydroxyl groups is 1. The first-order valence-corrected chi connectivity index (χ1v) is 9.97. The van der Waals surface area contributed by atoms with Crippen molar-refractivity contribution in [2.24, 2.45) is 0 Å². The summed E-state index contributed by atoms with van der Waals surface area (Å²) in [5, 5.41) is 31.5. The summed E-state index contributed by atoms with van der Waals surface area (Å²) in [6, 6.07) is 30.4. The molecule has 0 bridgehead atoms. The van der Waals surface area contributed by atoms with Crippen molar-refractivity contribution in [3.05, 3.63) is 130 Å². The molecular weight excluding hydrogens is 372 g/mol. The van der Waals surface area contributed by atoms with Crippen molar-refractivity contribution in [3.63, 3.8) is 0 Å². The number of hydrogen-bond acceptors (Lipinski definition) is 3. The van der Waals surface area contributed by atoms with Gasteiger partial charge in [-0.05, 0) is 64.6 Å². The molecule has 0 aromatic heterocycles. The molecule has 0 aliphatic heterocycles. The molecule has 0 radical (unpaired) electrons. The predicted octanol–water partition coefficient (Wildman–Crippen LogP) is 5.05. The number of phenolic OH excluding ortho intramolecular Hbond substituents is 2. The normalized spacial score (nSPS) is 15.8. The van der Waals surface area contributed by atoms with Crippen LogP contribution in [0.1, 0.15) is 40.3 Å². The van der Waals surface area contributed by atoms with Crippen molar-refractivity contribution in [2.45, 2.75) is 17.9 Å². The van der Waals surface area contributed by atoms with Gasteiger partial charge in [0.05, 0.1) is 5.41 Å². The monoisotopic (exact) mass is 394 g/mol. The van der Waals surface area contributed by atoms with E-state index in [1.165, 1.54) is 0 Å². The topological polar surface area (TPSA) is 60.7 Å². The Morgan fingerprint density at radius 3 is 1.20 bits per heavy atom. The van der Waals surface area contributed by atoms with Crippen LogP contribution in [0.4, 0.5) is 0 Å². The van der Waals surface area contributed by atoms with E-state index in [-0.39, 0.29) is 11.5 Å². The lowest BCUT2D eigenvalue weighted by Crippen LogP contribution is -2.42. The standard InChI is InChI=1S/C27H22O3/c1-26(30)22-6-2-4-8-24(22)27(18-10-14-20(28)15-11-18,19-12-16-21(29)17-13-19)25-9-5-3-7-23(25)26/h2-17,28-30H,1H3. The van der Waals surface area contributed by atoms with Gasteiger partial charge in [0.1, 0.15) is 17.1 Å². The average molecular weight is 394 g/mol. The van der Waals surface area contributed by atoms with Crippen LogP contribution in [0.15, 0.2) is 97.1 Å². The number of rotatable bonds is 2. The maximum absolute atomic E-state index is 11.6. The van der Waals surface area contributed by atoms with Crippen molar-refractivity contribution in [2.75, 3.05) is 0 Å². The van der Waals surface area contributed by atoms with E-state index in [0.717, 1.165) is 33.4 Å². The third-order valence-corrected chi connectivity index (χ3v) is 6.31. The van der Waals surface area contributed by atoms with Crippen LogP contribution in [0.5, 0.6) is 11.5 Å². The van der Waals surface area contributed by atoms with Gasteiger partial charge in [0.2, 0.25) is 0 Å². The number of hydrogen-bond donors (Lipinski definition) is 3. The molecule has 0 saturated heterocycles. The second-order valence-electron chi connectivity index (χ2n) is 8.01. The third-order valence-electron chi connectivity index (χ3n) is 6.31. The molecule has 3 N–H and O–H groups in total. The van der Waals surface area contributed by atoms with Crippen LogP contribution in [0.25, 0.3) is 0 Å². The molecule has 4 aromatic rings. The number of phenols is 2. The molecule has 0 spiro atoms. The number of fused-ring (bicyclic) bond motifs is 2. The Morgan fingerprint density at radius 1 is 0.500 bits per heavy atom. The lowest BCUT2D eigenvalue weighted by Gasteiger charge is -2.47. The van der Waals surface area contributed by atoms with E-state index in [2.05, 4.69) is 12.1 Å². The highest BCUT2D eigenvalue weighted by atomic mass is 16.3. The van der Waals surface area contributed by atoms with Crippen LogP contribution in [0.3, 0.4) is 0 Å². The molecule has 5 rings (SSSR count). The zero-order valence-electron chi connectivity index (χ0n) is 16.6. The van der Waals surface area contributed by atoms with Gasteiger partial charge < -0.3 is 15.3 Å². The Labute approximate surface area is 175 Å². The Balaban J connectivity index is 1.99. The predicted molar refractivity (Wildman–Crippen MR) is 117 cm³/mol. The fourth-order valence-electron chi connectivity index (χ4n) is 4.97. The summed E-state index contributed by atoms with van der Waals surface area (Å²) in [6.07, 6.45) is 0. The van der Waals surface area contributed by atoms with E-state index in [4.69, 9.17) is 0 Å². The zero-order chi connectivity index (χ0) is 20.9. The fourth-order valence-corrected chi connectivity index (χ4v) is 4.97. The highest BCUT2D eigenvalue weighted by Gasteiger charge is 2.49. The minimum Gasteiger partial charge on any atom is -0.508 e. The molecule has 3 heteroatoms. The molecule has 148 valence electrons. The van der Waals surface area contributed by atoms with Gasteiger partial charge in [-0.1, -0.05) is 72.8 Å². The molecule has 0 unspecified atom stereocenters. The fraction of sp³-hybridized carbons (Fsp3) is 0.111. The first-order chi connectivity index (χ1) is 14.5. The van der Waals surface area contributed by atoms with E-state index in [9.17, 15) is 15.3 Å². The highest BCUT2D eigenvalue weighted by molar-refractivity contribution is 5.69. The van der Waals surface area contributed by atoms with Gasteiger partial charge in [-0.25, -0.2) is 0 Å². The lowest BCUT2D eigenvalue weighted by atomic mass is 9.57. The van der Waals surface area contributed by atoms with Crippen molar-refractivity contribution < 1.29 is 15.3 Å². The second kappa shape index (κ2) is 6.48. The van der Waals surface area contributed by atoms with Crippen LogP contribution < -0.4 is 0 Å². The quantitative estimate of drug-likeness (QED) is 0.446. The van der Waals surface area contributed by atoms with Crippen LogP contribution >= 0.6 is 0 Å². The van der Waals surface area contributed by atoms with Gasteiger partial charge in [-0.2, -0.15) is 0 Å². The van der Waals surface area contributed by atoms with E-state index < -0.39 is 11.0 Å². The Hall–Kier alpha value is -3.56. The van der Waals surface area contributed by atoms with Crippen LogP contribution in [0.2, 0.25) is 0 Å². The van der Waals surface area contributed by atoms with Gasteiger partial charge in [-0.15, -0.1) is 0 Å². The molecule has 1 aliphatic carbocycles. The molecule has 0 heterocycles. The van der Waals surface area contributed by atoms with Crippen LogP contribution in [0, 0.1) is 0 Å². The van der Waals surface area contributed by atoms with Crippen molar-refractivity contribution in [3.8, 4) is 11.5 Å². The van der Waals surface area contributed by atoms with Crippen molar-refractivity contribution in [1.29, 1.82) is 0 Å². The smallest absolute Gasteiger partial charge is 0.115 e. The summed E-state index contributed by atoms with van der Waals surface area (Å²) in [4.78, 5) is 0. The molecule has 0 amide bonds. The van der Waals surface area contributed by atoms with Gasteiger partial charge in [0.25, 0.3) is 0 Å². The van der Waals surface area contributed by atoms with E-state index >= 15 is 0 Å². The molecule has 1 aliphatic rings. The van der Waals surface area contributed by atoms with Gasteiger partial charge >= 0.3 is 0 Å². The minimum absolute atomic E-state index is 0.198. The van der Waals surface area contributed by atoms with Crippen LogP contribution in [-0.2, 0) is 11.0 Å². The van der Waals surface area contributed by atoms with Crippen molar-refractivity contribution >= 4 is 0 Å². The average Bonchev–Trinajstić information content (AvgIpc) is 2.77. The highest BCUT2D eigenvalue weighted by Crippen LogP contribution is 2.55. The van der Waals surface area contributed by atoms with Gasteiger partial charge in [-0.3, -0.25) is 0 Å². The van der Waals surface area contributed by atoms with E-state index in [1.807, 2.05) is 67.6 Å². The summed E-state index contributed by atoms with van der Waals surface area (Å²) < 4.78 is 0. The molecule has 0 saturated carbocycles. The maximum atomic E-state index is 11.6. The molecule has 3 nitrogen and oxygen atoms in total. The first kappa shape index (κ1) is 18.5. The van der Waals surface area contributed by atoms with Crippen LogP contribution in [-0.4, -0.2) is 15.3 Å². The summed E-state index contributed by atoms with van der Waals surface area (Å²) >= 11 is 0. The molecular formula is C27H22O3. The van der Waals surface area contributed by atoms with E-state index in [1.54, 1.807) is 24.3 Å². The first-order valence-electron chi connectivity index (χ1n) is 9.97. The summed E-state index contributed by atoms with van der Waals surface area (Å²) in [7, 11) is 0. The van der Waals surface area contributed by atoms with Gasteiger partial charge in [0, 0.05) is 0 Å². The second-order valence-corrected chi connectivity index (χ2v) is 8.01. The Morgan fingerprint density at radius 2 is 0.833 bits per heavy atom. The zero-order valence-corrected chi connectivity index (χ0v) is 16.6. The number of benzene rings is 4. The molecule has 0 fully saturated rings. The molecule has 30 heavy (non-hydrogen) atoms. The maximum Gasteiger partial charge on any atom is 0.115 e.